The van der Waals surface area contributed by atoms with E-state index >= 15 is 0 Å². The molecule has 74 valence electrons. The first-order valence-electron chi connectivity index (χ1n) is 4.52. The maximum Gasteiger partial charge on any atom is 0.345 e. The molecular formula is C9H11N3O2. The van der Waals surface area contributed by atoms with E-state index in [1.807, 2.05) is 0 Å². The number of Topliss-reactive ketones (excluding diaryl/α,β-unsaturated/α-hetero) is 1. The summed E-state index contributed by atoms with van der Waals surface area (Å²) in [7, 11) is 1.76. The summed E-state index contributed by atoms with van der Waals surface area (Å²) in [5.74, 6) is 0.0778. The molecule has 0 radical (unpaired) electrons. The van der Waals surface area contributed by atoms with Crippen LogP contribution in [0.3, 0.4) is 0 Å². The van der Waals surface area contributed by atoms with Crippen LogP contribution in [0.2, 0.25) is 0 Å². The molecule has 14 heavy (non-hydrogen) atoms. The molecule has 0 aliphatic heterocycles. The van der Waals surface area contributed by atoms with Gasteiger partial charge < -0.3 is 10.3 Å². The molecule has 1 heterocycles. The van der Waals surface area contributed by atoms with Crippen molar-refractivity contribution in [1.29, 1.82) is 0 Å². The number of fused-ring (bicyclic) bond motifs is 1. The third kappa shape index (κ3) is 1.35. The lowest BCUT2D eigenvalue weighted by Gasteiger charge is -2.04. The highest BCUT2D eigenvalue weighted by atomic mass is 16.1. The highest BCUT2D eigenvalue weighted by molar-refractivity contribution is 6.00. The van der Waals surface area contributed by atoms with Crippen LogP contribution in [0.5, 0.6) is 0 Å². The molecule has 1 aliphatic rings. The SMILES string of the molecule is CNCc1nc(=O)[nH]c2c1C(=O)CC2. The number of aromatic nitrogens is 2. The van der Waals surface area contributed by atoms with Gasteiger partial charge in [0.05, 0.1) is 11.3 Å². The minimum atomic E-state index is -0.372. The number of ketones is 1. The third-order valence-electron chi connectivity index (χ3n) is 2.31. The summed E-state index contributed by atoms with van der Waals surface area (Å²) in [5.41, 5.74) is 1.54. The summed E-state index contributed by atoms with van der Waals surface area (Å²) in [6.45, 7) is 0.456. The minimum absolute atomic E-state index is 0.0778. The Morgan fingerprint density at radius 3 is 2.93 bits per heavy atom. The average Bonchev–Trinajstić information content (AvgIpc) is 2.48. The van der Waals surface area contributed by atoms with Crippen LogP contribution in [0.25, 0.3) is 0 Å². The molecule has 0 saturated carbocycles. The van der Waals surface area contributed by atoms with E-state index in [4.69, 9.17) is 0 Å². The number of rotatable bonds is 2. The van der Waals surface area contributed by atoms with Crippen molar-refractivity contribution in [3.63, 3.8) is 0 Å². The number of carbonyl (C=O) groups excluding carboxylic acids is 1. The Kier molecular flexibility index (Phi) is 2.17. The number of aromatic amines is 1. The van der Waals surface area contributed by atoms with Gasteiger partial charge >= 0.3 is 5.69 Å². The summed E-state index contributed by atoms with van der Waals surface area (Å²) in [4.78, 5) is 29.0. The van der Waals surface area contributed by atoms with E-state index in [0.717, 1.165) is 5.69 Å². The summed E-state index contributed by atoms with van der Waals surface area (Å²) < 4.78 is 0. The molecule has 2 N–H and O–H groups in total. The van der Waals surface area contributed by atoms with Crippen molar-refractivity contribution in [1.82, 2.24) is 15.3 Å². The van der Waals surface area contributed by atoms with Crippen LogP contribution >= 0.6 is 0 Å². The van der Waals surface area contributed by atoms with E-state index in [1.54, 1.807) is 7.05 Å². The van der Waals surface area contributed by atoms with Gasteiger partial charge in [-0.15, -0.1) is 0 Å². The topological polar surface area (TPSA) is 74.8 Å². The lowest BCUT2D eigenvalue weighted by Crippen LogP contribution is -2.21. The molecule has 0 fully saturated rings. The molecule has 1 aromatic rings. The number of nitrogens with zero attached hydrogens (tertiary/aromatic N) is 1. The molecule has 0 saturated heterocycles. The average molecular weight is 193 g/mol. The zero-order valence-electron chi connectivity index (χ0n) is 7.89. The second kappa shape index (κ2) is 3.34. The number of carbonyl (C=O) groups is 1. The number of nitrogens with one attached hydrogen (secondary N) is 2. The fourth-order valence-corrected chi connectivity index (χ4v) is 1.75. The standard InChI is InChI=1S/C9H11N3O2/c1-10-4-6-8-5(2-3-7(8)13)11-9(14)12-6/h10H,2-4H2,1H3,(H,11,12,14). The van der Waals surface area contributed by atoms with Gasteiger partial charge in [0.1, 0.15) is 0 Å². The summed E-state index contributed by atoms with van der Waals surface area (Å²) >= 11 is 0. The second-order valence-electron chi connectivity index (χ2n) is 3.30. The monoisotopic (exact) mass is 193 g/mol. The Morgan fingerprint density at radius 2 is 2.21 bits per heavy atom. The first kappa shape index (κ1) is 9.08. The van der Waals surface area contributed by atoms with Crippen LogP contribution in [0.1, 0.15) is 28.2 Å². The van der Waals surface area contributed by atoms with Crippen molar-refractivity contribution in [2.24, 2.45) is 0 Å². The molecule has 0 spiro atoms. The summed E-state index contributed by atoms with van der Waals surface area (Å²) in [6.07, 6.45) is 1.11. The third-order valence-corrected chi connectivity index (χ3v) is 2.31. The fourth-order valence-electron chi connectivity index (χ4n) is 1.75. The van der Waals surface area contributed by atoms with Gasteiger partial charge in [0.2, 0.25) is 0 Å². The van der Waals surface area contributed by atoms with Crippen LogP contribution < -0.4 is 11.0 Å². The van der Waals surface area contributed by atoms with Crippen LogP contribution in [-0.2, 0) is 13.0 Å². The van der Waals surface area contributed by atoms with Crippen LogP contribution in [0.15, 0.2) is 4.79 Å². The van der Waals surface area contributed by atoms with Gasteiger partial charge in [-0.05, 0) is 13.5 Å². The van der Waals surface area contributed by atoms with E-state index in [0.29, 0.717) is 30.6 Å². The highest BCUT2D eigenvalue weighted by Crippen LogP contribution is 2.20. The minimum Gasteiger partial charge on any atom is -0.314 e. The number of hydrogen-bond acceptors (Lipinski definition) is 4. The van der Waals surface area contributed by atoms with Crippen molar-refractivity contribution in [2.75, 3.05) is 7.05 Å². The van der Waals surface area contributed by atoms with Gasteiger partial charge in [-0.2, -0.15) is 4.98 Å². The van der Waals surface area contributed by atoms with Gasteiger partial charge in [0.15, 0.2) is 5.78 Å². The molecule has 0 bridgehead atoms. The number of H-pyrrole nitrogens is 1. The van der Waals surface area contributed by atoms with Crippen LogP contribution in [0.4, 0.5) is 0 Å². The van der Waals surface area contributed by atoms with Crippen LogP contribution in [0, 0.1) is 0 Å². The molecule has 0 aromatic carbocycles. The van der Waals surface area contributed by atoms with Gasteiger partial charge in [0.25, 0.3) is 0 Å². The predicted molar refractivity (Wildman–Crippen MR) is 50.3 cm³/mol. The van der Waals surface area contributed by atoms with E-state index in [-0.39, 0.29) is 11.5 Å². The predicted octanol–water partition coefficient (Wildman–Crippen LogP) is -0.382. The van der Waals surface area contributed by atoms with Gasteiger partial charge in [-0.3, -0.25) is 4.79 Å². The Hall–Kier alpha value is -1.49. The lowest BCUT2D eigenvalue weighted by molar-refractivity contribution is 0.0993. The maximum absolute atomic E-state index is 11.5. The van der Waals surface area contributed by atoms with Crippen molar-refractivity contribution in [2.45, 2.75) is 19.4 Å². The number of aryl methyl sites for hydroxylation is 1. The highest BCUT2D eigenvalue weighted by Gasteiger charge is 2.24. The van der Waals surface area contributed by atoms with Crippen molar-refractivity contribution in [3.8, 4) is 0 Å². The fraction of sp³-hybridized carbons (Fsp3) is 0.444. The normalized spacial score (nSPS) is 14.5. The van der Waals surface area contributed by atoms with E-state index in [1.165, 1.54) is 0 Å². The van der Waals surface area contributed by atoms with Gasteiger partial charge in [-0.1, -0.05) is 0 Å². The van der Waals surface area contributed by atoms with E-state index in [2.05, 4.69) is 15.3 Å². The summed E-state index contributed by atoms with van der Waals surface area (Å²) in [5, 5.41) is 2.89. The van der Waals surface area contributed by atoms with E-state index < -0.39 is 0 Å². The quantitative estimate of drug-likeness (QED) is 0.671. The Bertz CT molecular complexity index is 436. The Morgan fingerprint density at radius 1 is 1.43 bits per heavy atom. The number of hydrogen-bond donors (Lipinski definition) is 2. The molecule has 0 unspecified atom stereocenters. The van der Waals surface area contributed by atoms with Crippen molar-refractivity contribution >= 4 is 5.78 Å². The molecule has 5 heteroatoms. The molecule has 0 amide bonds. The maximum atomic E-state index is 11.5. The smallest absolute Gasteiger partial charge is 0.314 e. The van der Waals surface area contributed by atoms with Crippen molar-refractivity contribution < 1.29 is 4.79 Å². The first-order valence-corrected chi connectivity index (χ1v) is 4.52. The molecule has 5 nitrogen and oxygen atoms in total. The molecule has 0 atom stereocenters. The van der Waals surface area contributed by atoms with Gasteiger partial charge in [-0.25, -0.2) is 4.79 Å². The summed E-state index contributed by atoms with van der Waals surface area (Å²) in [6, 6.07) is 0. The first-order chi connectivity index (χ1) is 6.72. The Balaban J connectivity index is 2.59. The lowest BCUT2D eigenvalue weighted by atomic mass is 10.1. The largest absolute Gasteiger partial charge is 0.345 e. The molecule has 1 aliphatic carbocycles. The second-order valence-corrected chi connectivity index (χ2v) is 3.30. The van der Waals surface area contributed by atoms with E-state index in [9.17, 15) is 9.59 Å². The zero-order chi connectivity index (χ0) is 10.1. The molecule has 2 rings (SSSR count). The Labute approximate surface area is 80.6 Å². The molecule has 1 aromatic heterocycles. The zero-order valence-corrected chi connectivity index (χ0v) is 7.89. The van der Waals surface area contributed by atoms with Crippen molar-refractivity contribution in [3.05, 3.63) is 27.4 Å². The molecular weight excluding hydrogens is 182 g/mol. The van der Waals surface area contributed by atoms with Crippen LogP contribution in [-0.4, -0.2) is 22.8 Å². The van der Waals surface area contributed by atoms with Gasteiger partial charge in [0, 0.05) is 18.7 Å².